The third-order valence-corrected chi connectivity index (χ3v) is 5.46. The molecule has 4 rings (SSSR count). The summed E-state index contributed by atoms with van der Waals surface area (Å²) in [5.74, 6) is 0.329. The zero-order chi connectivity index (χ0) is 18.1. The lowest BCUT2D eigenvalue weighted by Crippen LogP contribution is -2.42. The molecule has 3 heterocycles. The fourth-order valence-corrected chi connectivity index (χ4v) is 4.11. The third kappa shape index (κ3) is 3.12. The average Bonchev–Trinajstić information content (AvgIpc) is 3.26. The first-order chi connectivity index (χ1) is 12.6. The molecule has 2 atom stereocenters. The number of H-pyrrole nitrogens is 1. The number of likely N-dealkylation sites (tertiary alicyclic amines) is 1. The molecule has 0 saturated carbocycles. The Balaban J connectivity index is 1.48. The number of carbonyl (C=O) groups excluding carboxylic acids is 1. The Labute approximate surface area is 153 Å². The van der Waals surface area contributed by atoms with Crippen molar-refractivity contribution in [1.82, 2.24) is 24.8 Å². The van der Waals surface area contributed by atoms with Gasteiger partial charge in [0.25, 0.3) is 5.91 Å². The van der Waals surface area contributed by atoms with Crippen LogP contribution in [0.4, 0.5) is 0 Å². The summed E-state index contributed by atoms with van der Waals surface area (Å²) in [5.41, 5.74) is 2.81. The molecule has 2 N–H and O–H groups in total. The molecule has 6 heteroatoms. The molecular formula is C20H25N5O. The van der Waals surface area contributed by atoms with Crippen molar-refractivity contribution in [3.8, 4) is 0 Å². The second kappa shape index (κ2) is 6.96. The standard InChI is InChI=1S/C20H25N5O/c1-24-9-5-7-15(19(24)18-12-21-13-25(18)2)11-22-20(26)17-10-14-6-3-4-8-16(14)23-17/h3-4,6,8,10,12-13,15,19,23H,5,7,9,11H2,1-2H3,(H,22,26)/t15-,19+/m0/s1. The van der Waals surface area contributed by atoms with Crippen LogP contribution in [0.25, 0.3) is 10.9 Å². The Morgan fingerprint density at radius 3 is 2.96 bits per heavy atom. The first kappa shape index (κ1) is 16.8. The molecule has 1 amide bonds. The summed E-state index contributed by atoms with van der Waals surface area (Å²) in [6, 6.07) is 10.1. The van der Waals surface area contributed by atoms with Gasteiger partial charge in [-0.2, -0.15) is 0 Å². The number of carbonyl (C=O) groups is 1. The van der Waals surface area contributed by atoms with Crippen LogP contribution < -0.4 is 5.32 Å². The minimum absolute atomic E-state index is 0.0433. The molecule has 1 fully saturated rings. The molecular weight excluding hydrogens is 326 g/mol. The second-order valence-electron chi connectivity index (χ2n) is 7.24. The second-order valence-corrected chi connectivity index (χ2v) is 7.24. The maximum atomic E-state index is 12.6. The molecule has 1 aliphatic rings. The summed E-state index contributed by atoms with van der Waals surface area (Å²) in [7, 11) is 4.19. The Hall–Kier alpha value is -2.60. The number of para-hydroxylation sites is 1. The van der Waals surface area contributed by atoms with Gasteiger partial charge in [-0.05, 0) is 44.5 Å². The smallest absolute Gasteiger partial charge is 0.267 e. The van der Waals surface area contributed by atoms with Crippen molar-refractivity contribution in [2.75, 3.05) is 20.1 Å². The molecule has 1 aliphatic heterocycles. The lowest BCUT2D eigenvalue weighted by atomic mass is 9.87. The summed E-state index contributed by atoms with van der Waals surface area (Å²) < 4.78 is 2.08. The number of fused-ring (bicyclic) bond motifs is 1. The minimum atomic E-state index is -0.0433. The summed E-state index contributed by atoms with van der Waals surface area (Å²) >= 11 is 0. The summed E-state index contributed by atoms with van der Waals surface area (Å²) in [4.78, 5) is 22.5. The number of hydrogen-bond donors (Lipinski definition) is 2. The number of nitrogens with one attached hydrogen (secondary N) is 2. The highest BCUT2D eigenvalue weighted by atomic mass is 16.1. The van der Waals surface area contributed by atoms with Crippen LogP contribution in [-0.2, 0) is 7.05 Å². The van der Waals surface area contributed by atoms with E-state index in [1.165, 1.54) is 5.69 Å². The van der Waals surface area contributed by atoms with Crippen molar-refractivity contribution in [2.45, 2.75) is 18.9 Å². The molecule has 0 aliphatic carbocycles. The molecule has 6 nitrogen and oxygen atoms in total. The summed E-state index contributed by atoms with van der Waals surface area (Å²) in [5, 5.41) is 4.19. The number of benzene rings is 1. The maximum Gasteiger partial charge on any atom is 0.267 e. The molecule has 2 aromatic heterocycles. The van der Waals surface area contributed by atoms with Crippen LogP contribution in [0.3, 0.4) is 0 Å². The van der Waals surface area contributed by atoms with E-state index < -0.39 is 0 Å². The maximum absolute atomic E-state index is 12.6. The Morgan fingerprint density at radius 1 is 1.35 bits per heavy atom. The predicted molar refractivity (Wildman–Crippen MR) is 102 cm³/mol. The number of nitrogens with zero attached hydrogens (tertiary/aromatic N) is 3. The monoisotopic (exact) mass is 351 g/mol. The van der Waals surface area contributed by atoms with E-state index in [1.54, 1.807) is 0 Å². The van der Waals surface area contributed by atoms with Gasteiger partial charge in [-0.3, -0.25) is 9.69 Å². The molecule has 0 bridgehead atoms. The highest BCUT2D eigenvalue weighted by Crippen LogP contribution is 2.34. The van der Waals surface area contributed by atoms with E-state index in [0.29, 0.717) is 18.2 Å². The van der Waals surface area contributed by atoms with Crippen LogP contribution in [0.2, 0.25) is 0 Å². The number of imidazole rings is 1. The first-order valence-electron chi connectivity index (χ1n) is 9.16. The zero-order valence-electron chi connectivity index (χ0n) is 15.3. The lowest BCUT2D eigenvalue weighted by Gasteiger charge is -2.39. The number of rotatable bonds is 4. The van der Waals surface area contributed by atoms with Crippen molar-refractivity contribution in [1.29, 1.82) is 0 Å². The molecule has 136 valence electrons. The average molecular weight is 351 g/mol. The molecule has 0 unspecified atom stereocenters. The van der Waals surface area contributed by atoms with E-state index in [-0.39, 0.29) is 11.9 Å². The van der Waals surface area contributed by atoms with Gasteiger partial charge in [0.1, 0.15) is 5.69 Å². The van der Waals surface area contributed by atoms with Gasteiger partial charge >= 0.3 is 0 Å². The van der Waals surface area contributed by atoms with Crippen LogP contribution in [0.15, 0.2) is 42.9 Å². The third-order valence-electron chi connectivity index (χ3n) is 5.46. The lowest BCUT2D eigenvalue weighted by molar-refractivity contribution is 0.0878. The summed E-state index contributed by atoms with van der Waals surface area (Å²) in [6.07, 6.45) is 6.04. The quantitative estimate of drug-likeness (QED) is 0.759. The van der Waals surface area contributed by atoms with Crippen molar-refractivity contribution in [2.24, 2.45) is 13.0 Å². The van der Waals surface area contributed by atoms with Gasteiger partial charge in [0.15, 0.2) is 0 Å². The highest BCUT2D eigenvalue weighted by Gasteiger charge is 2.32. The fourth-order valence-electron chi connectivity index (χ4n) is 4.11. The topological polar surface area (TPSA) is 66.0 Å². The highest BCUT2D eigenvalue weighted by molar-refractivity contribution is 5.97. The number of hydrogen-bond acceptors (Lipinski definition) is 3. The van der Waals surface area contributed by atoms with E-state index in [1.807, 2.05) is 49.9 Å². The van der Waals surface area contributed by atoms with Crippen LogP contribution >= 0.6 is 0 Å². The Morgan fingerprint density at radius 2 is 2.19 bits per heavy atom. The number of aromatic nitrogens is 3. The van der Waals surface area contributed by atoms with E-state index in [0.717, 1.165) is 30.3 Å². The zero-order valence-corrected chi connectivity index (χ0v) is 15.3. The first-order valence-corrected chi connectivity index (χ1v) is 9.16. The van der Waals surface area contributed by atoms with Gasteiger partial charge in [-0.25, -0.2) is 4.98 Å². The molecule has 0 spiro atoms. The molecule has 1 saturated heterocycles. The number of amides is 1. The minimum Gasteiger partial charge on any atom is -0.351 e. The van der Waals surface area contributed by atoms with Crippen LogP contribution in [0.5, 0.6) is 0 Å². The molecule has 1 aromatic carbocycles. The SMILES string of the molecule is CN1CCC[C@@H](CNC(=O)c2cc3ccccc3[nH]2)[C@@H]1c1cncn1C. The van der Waals surface area contributed by atoms with Gasteiger partial charge in [-0.15, -0.1) is 0 Å². The number of piperidine rings is 1. The molecule has 3 aromatic rings. The van der Waals surface area contributed by atoms with E-state index >= 15 is 0 Å². The largest absolute Gasteiger partial charge is 0.351 e. The van der Waals surface area contributed by atoms with Gasteiger partial charge in [0.05, 0.1) is 18.1 Å². The van der Waals surface area contributed by atoms with Gasteiger partial charge in [0.2, 0.25) is 0 Å². The van der Waals surface area contributed by atoms with Crippen molar-refractivity contribution in [3.05, 3.63) is 54.2 Å². The predicted octanol–water partition coefficient (Wildman–Crippen LogP) is 2.71. The Kier molecular flexibility index (Phi) is 4.51. The van der Waals surface area contributed by atoms with E-state index in [4.69, 9.17) is 0 Å². The van der Waals surface area contributed by atoms with Crippen LogP contribution in [-0.4, -0.2) is 45.5 Å². The van der Waals surface area contributed by atoms with Crippen molar-refractivity contribution < 1.29 is 4.79 Å². The fraction of sp³-hybridized carbons (Fsp3) is 0.400. The molecule has 0 radical (unpaired) electrons. The van der Waals surface area contributed by atoms with Crippen molar-refractivity contribution in [3.63, 3.8) is 0 Å². The molecule has 26 heavy (non-hydrogen) atoms. The normalized spacial score (nSPS) is 21.2. The van der Waals surface area contributed by atoms with E-state index in [9.17, 15) is 4.79 Å². The number of aryl methyl sites for hydroxylation is 1. The van der Waals surface area contributed by atoms with Gasteiger partial charge in [-0.1, -0.05) is 18.2 Å². The van der Waals surface area contributed by atoms with Gasteiger partial charge in [0, 0.05) is 30.7 Å². The summed E-state index contributed by atoms with van der Waals surface area (Å²) in [6.45, 7) is 1.73. The van der Waals surface area contributed by atoms with Crippen LogP contribution in [0.1, 0.15) is 35.1 Å². The Bertz CT molecular complexity index is 879. The van der Waals surface area contributed by atoms with Crippen molar-refractivity contribution >= 4 is 16.8 Å². The number of aromatic amines is 1. The van der Waals surface area contributed by atoms with Crippen LogP contribution in [0, 0.1) is 5.92 Å². The van der Waals surface area contributed by atoms with E-state index in [2.05, 4.69) is 31.8 Å². The van der Waals surface area contributed by atoms with Gasteiger partial charge < -0.3 is 14.9 Å².